The van der Waals surface area contributed by atoms with E-state index in [-0.39, 0.29) is 23.8 Å². The minimum atomic E-state index is -0.880. The summed E-state index contributed by atoms with van der Waals surface area (Å²) in [4.78, 5) is 47.9. The molecule has 1 atom stereocenters. The molecule has 2 aliphatic rings. The minimum Gasteiger partial charge on any atom is -0.339 e. The van der Waals surface area contributed by atoms with E-state index in [0.29, 0.717) is 50.9 Å². The molecule has 0 radical (unpaired) electrons. The van der Waals surface area contributed by atoms with Crippen LogP contribution in [-0.4, -0.2) is 57.8 Å². The van der Waals surface area contributed by atoms with Crippen LogP contribution in [0.15, 0.2) is 23.7 Å². The molecule has 4 rings (SSSR count). The van der Waals surface area contributed by atoms with Gasteiger partial charge in [-0.3, -0.25) is 14.5 Å². The third-order valence-corrected chi connectivity index (χ3v) is 8.11. The van der Waals surface area contributed by atoms with Gasteiger partial charge in [-0.1, -0.05) is 24.1 Å². The lowest BCUT2D eigenvalue weighted by Gasteiger charge is -2.40. The zero-order valence-corrected chi connectivity index (χ0v) is 20.6. The molecule has 2 fully saturated rings. The van der Waals surface area contributed by atoms with Gasteiger partial charge in [-0.25, -0.2) is 9.78 Å². The summed E-state index contributed by atoms with van der Waals surface area (Å²) in [7, 11) is 0. The molecule has 1 unspecified atom stereocenters. The maximum atomic E-state index is 13.5. The maximum absolute atomic E-state index is 13.5. The number of hydrogen-bond acceptors (Lipinski definition) is 5. The summed E-state index contributed by atoms with van der Waals surface area (Å²) < 4.78 is 0. The van der Waals surface area contributed by atoms with Gasteiger partial charge in [0.05, 0.1) is 11.2 Å². The highest BCUT2D eigenvalue weighted by Gasteiger charge is 2.54. The Morgan fingerprint density at radius 1 is 1.15 bits per heavy atom. The van der Waals surface area contributed by atoms with Crippen LogP contribution in [0.5, 0.6) is 0 Å². The van der Waals surface area contributed by atoms with E-state index in [1.54, 1.807) is 16.8 Å². The molecule has 1 N–H and O–H groups in total. The monoisotopic (exact) mass is 468 g/mol. The number of nitrogens with zero attached hydrogens (tertiary/aromatic N) is 3. The second-order valence-electron chi connectivity index (χ2n) is 9.27. The van der Waals surface area contributed by atoms with Crippen LogP contribution in [0, 0.1) is 26.7 Å². The van der Waals surface area contributed by atoms with Crippen LogP contribution < -0.4 is 5.32 Å². The van der Waals surface area contributed by atoms with Gasteiger partial charge in [0.1, 0.15) is 5.54 Å². The van der Waals surface area contributed by atoms with Crippen molar-refractivity contribution in [3.8, 4) is 0 Å². The lowest BCUT2D eigenvalue weighted by Crippen LogP contribution is -2.56. The zero-order chi connectivity index (χ0) is 23.8. The topological polar surface area (TPSA) is 82.6 Å². The van der Waals surface area contributed by atoms with E-state index in [2.05, 4.69) is 16.4 Å². The Bertz CT molecular complexity index is 1050. The number of nitrogens with one attached hydrogen (secondary N) is 1. The molecule has 8 heteroatoms. The van der Waals surface area contributed by atoms with Crippen molar-refractivity contribution < 1.29 is 14.4 Å². The number of carbonyl (C=O) groups is 3. The third-order valence-electron chi connectivity index (χ3n) is 7.11. The Labute approximate surface area is 199 Å². The van der Waals surface area contributed by atoms with Crippen LogP contribution in [0.1, 0.15) is 58.2 Å². The Balaban J connectivity index is 1.43. The first-order valence-electron chi connectivity index (χ1n) is 11.7. The molecule has 1 aromatic heterocycles. The van der Waals surface area contributed by atoms with Crippen molar-refractivity contribution in [3.63, 3.8) is 0 Å². The fraction of sp³-hybridized carbons (Fsp3) is 0.520. The van der Waals surface area contributed by atoms with E-state index in [4.69, 9.17) is 0 Å². The fourth-order valence-electron chi connectivity index (χ4n) is 5.29. The summed E-state index contributed by atoms with van der Waals surface area (Å²) in [6, 6.07) is 5.61. The van der Waals surface area contributed by atoms with E-state index in [9.17, 15) is 14.4 Å². The lowest BCUT2D eigenvalue weighted by molar-refractivity contribution is -0.134. The van der Waals surface area contributed by atoms with E-state index in [1.807, 2.05) is 44.7 Å². The summed E-state index contributed by atoms with van der Waals surface area (Å²) in [6.07, 6.45) is 2.55. The zero-order valence-electron chi connectivity index (χ0n) is 19.8. The highest BCUT2D eigenvalue weighted by molar-refractivity contribution is 7.09. The van der Waals surface area contributed by atoms with E-state index < -0.39 is 5.54 Å². The molecule has 3 heterocycles. The van der Waals surface area contributed by atoms with Gasteiger partial charge in [0, 0.05) is 36.5 Å². The van der Waals surface area contributed by atoms with Crippen LogP contribution in [0.25, 0.3) is 0 Å². The highest BCUT2D eigenvalue weighted by atomic mass is 32.1. The van der Waals surface area contributed by atoms with Crippen LogP contribution >= 0.6 is 11.3 Å². The molecule has 1 aromatic carbocycles. The first-order valence-corrected chi connectivity index (χ1v) is 12.5. The second-order valence-corrected chi connectivity index (χ2v) is 10.2. The number of urea groups is 1. The van der Waals surface area contributed by atoms with Gasteiger partial charge >= 0.3 is 6.03 Å². The van der Waals surface area contributed by atoms with Crippen molar-refractivity contribution in [3.05, 3.63) is 51.0 Å². The van der Waals surface area contributed by atoms with E-state index >= 15 is 0 Å². The van der Waals surface area contributed by atoms with Crippen molar-refractivity contribution in [2.45, 2.75) is 58.9 Å². The number of imide groups is 1. The number of benzene rings is 1. The van der Waals surface area contributed by atoms with Gasteiger partial charge in [-0.2, -0.15) is 0 Å². The standard InChI is InChI=1S/C25H32N4O3S/c1-5-25(23(31)29(24(32)27-25)11-8-21-18(4)26-15-33-21)20-6-9-28(10-7-20)22(30)19-13-16(2)12-17(3)14-19/h12-15,20H,5-11H2,1-4H3,(H,27,32). The first-order chi connectivity index (χ1) is 15.7. The van der Waals surface area contributed by atoms with Gasteiger partial charge < -0.3 is 10.2 Å². The minimum absolute atomic E-state index is 0.0115. The van der Waals surface area contributed by atoms with Gasteiger partial charge in [0.2, 0.25) is 0 Å². The van der Waals surface area contributed by atoms with Crippen LogP contribution in [0.2, 0.25) is 0 Å². The van der Waals surface area contributed by atoms with Crippen molar-refractivity contribution in [2.24, 2.45) is 5.92 Å². The Morgan fingerprint density at radius 2 is 1.82 bits per heavy atom. The molecule has 33 heavy (non-hydrogen) atoms. The summed E-state index contributed by atoms with van der Waals surface area (Å²) in [5.74, 6) is -0.0808. The molecular weight excluding hydrogens is 436 g/mol. The molecule has 2 aliphatic heterocycles. The van der Waals surface area contributed by atoms with Crippen LogP contribution in [-0.2, 0) is 11.2 Å². The average Bonchev–Trinajstić information content (AvgIpc) is 3.31. The average molecular weight is 469 g/mol. The fourth-order valence-corrected chi connectivity index (χ4v) is 6.06. The van der Waals surface area contributed by atoms with Gasteiger partial charge in [0.15, 0.2) is 0 Å². The molecule has 176 valence electrons. The van der Waals surface area contributed by atoms with Crippen molar-refractivity contribution >= 4 is 29.2 Å². The quantitative estimate of drug-likeness (QED) is 0.653. The number of aryl methyl sites for hydroxylation is 3. The molecular formula is C25H32N4O3S. The molecule has 0 spiro atoms. The Morgan fingerprint density at radius 3 is 2.39 bits per heavy atom. The number of piperidine rings is 1. The van der Waals surface area contributed by atoms with Crippen molar-refractivity contribution in [1.82, 2.24) is 20.1 Å². The summed E-state index contributed by atoms with van der Waals surface area (Å²) in [5.41, 5.74) is 4.73. The third kappa shape index (κ3) is 4.40. The normalized spacial score (nSPS) is 21.6. The summed E-state index contributed by atoms with van der Waals surface area (Å²) >= 11 is 1.55. The molecule has 4 amide bonds. The lowest BCUT2D eigenvalue weighted by atomic mass is 9.75. The first kappa shape index (κ1) is 23.4. The number of hydrogen-bond donors (Lipinski definition) is 1. The van der Waals surface area contributed by atoms with E-state index in [0.717, 1.165) is 21.7 Å². The highest BCUT2D eigenvalue weighted by Crippen LogP contribution is 2.36. The second kappa shape index (κ2) is 9.25. The summed E-state index contributed by atoms with van der Waals surface area (Å²) in [5, 5.41) is 3.04. The smallest absolute Gasteiger partial charge is 0.325 e. The molecule has 0 saturated carbocycles. The Hall–Kier alpha value is -2.74. The maximum Gasteiger partial charge on any atom is 0.325 e. The van der Waals surface area contributed by atoms with Gasteiger partial charge in [0.25, 0.3) is 11.8 Å². The van der Waals surface area contributed by atoms with Crippen LogP contribution in [0.4, 0.5) is 4.79 Å². The number of amides is 4. The van der Waals surface area contributed by atoms with Crippen molar-refractivity contribution in [2.75, 3.05) is 19.6 Å². The van der Waals surface area contributed by atoms with Crippen molar-refractivity contribution in [1.29, 1.82) is 0 Å². The Kier molecular flexibility index (Phi) is 6.56. The predicted molar refractivity (Wildman–Crippen MR) is 128 cm³/mol. The molecule has 0 bridgehead atoms. The molecule has 7 nitrogen and oxygen atoms in total. The number of carbonyl (C=O) groups excluding carboxylic acids is 3. The number of rotatable bonds is 6. The largest absolute Gasteiger partial charge is 0.339 e. The predicted octanol–water partition coefficient (Wildman–Crippen LogP) is 3.86. The summed E-state index contributed by atoms with van der Waals surface area (Å²) in [6.45, 7) is 9.43. The van der Waals surface area contributed by atoms with Gasteiger partial charge in [-0.05, 0) is 58.1 Å². The SMILES string of the molecule is CCC1(C2CCN(C(=O)c3cc(C)cc(C)c3)CC2)NC(=O)N(CCc2scnc2C)C1=O. The molecule has 0 aliphatic carbocycles. The van der Waals surface area contributed by atoms with E-state index in [1.165, 1.54) is 4.90 Å². The number of thiazole rings is 1. The number of likely N-dealkylation sites (tertiary alicyclic amines) is 1. The molecule has 2 saturated heterocycles. The number of aromatic nitrogens is 1. The van der Waals surface area contributed by atoms with Gasteiger partial charge in [-0.15, -0.1) is 11.3 Å². The molecule has 2 aromatic rings. The van der Waals surface area contributed by atoms with Crippen LogP contribution in [0.3, 0.4) is 0 Å².